The van der Waals surface area contributed by atoms with Gasteiger partial charge in [0.1, 0.15) is 30.9 Å². The molecule has 0 aliphatic carbocycles. The summed E-state index contributed by atoms with van der Waals surface area (Å²) in [5.41, 5.74) is 0.216. The first kappa shape index (κ1) is 30.4. The Morgan fingerprint density at radius 2 is 2.00 bits per heavy atom. The molecule has 12 nitrogen and oxygen atoms in total. The van der Waals surface area contributed by atoms with Crippen LogP contribution in [0.2, 0.25) is 4.34 Å². The lowest BCUT2D eigenvalue weighted by molar-refractivity contribution is -0.155. The van der Waals surface area contributed by atoms with Crippen LogP contribution in [-0.4, -0.2) is 96.8 Å². The first-order chi connectivity index (χ1) is 19.5. The Morgan fingerprint density at radius 1 is 1.24 bits per heavy atom. The zero-order chi connectivity index (χ0) is 29.8. The number of carboxylic acids is 1. The molecule has 2 fully saturated rings. The summed E-state index contributed by atoms with van der Waals surface area (Å²) >= 11 is 6.99. The third-order valence-electron chi connectivity index (χ3n) is 6.57. The van der Waals surface area contributed by atoms with Gasteiger partial charge in [0.25, 0.3) is 11.8 Å². The Hall–Kier alpha value is -3.59. The Labute approximate surface area is 243 Å². The van der Waals surface area contributed by atoms with Crippen molar-refractivity contribution in [3.8, 4) is 0 Å². The van der Waals surface area contributed by atoms with Crippen LogP contribution in [-0.2, 0) is 23.9 Å². The first-order valence-electron chi connectivity index (χ1n) is 12.7. The predicted molar refractivity (Wildman–Crippen MR) is 147 cm³/mol. The number of hydrogen-bond acceptors (Lipinski definition) is 9. The summed E-state index contributed by atoms with van der Waals surface area (Å²) in [5, 5.41) is 12.1. The van der Waals surface area contributed by atoms with Crippen LogP contribution >= 0.6 is 22.9 Å². The summed E-state index contributed by atoms with van der Waals surface area (Å²) in [6.07, 6.45) is -1.41. The summed E-state index contributed by atoms with van der Waals surface area (Å²) in [6, 6.07) is 5.71. The molecular formula is C26H28ClFN4O8S. The van der Waals surface area contributed by atoms with Crippen molar-refractivity contribution in [2.75, 3.05) is 49.2 Å². The van der Waals surface area contributed by atoms with Gasteiger partial charge in [-0.25, -0.2) is 9.18 Å². The molecule has 1 N–H and O–H groups in total. The number of nitrogens with zero attached hydrogens (tertiary/aromatic N) is 4. The molecule has 4 rings (SSSR count). The van der Waals surface area contributed by atoms with Gasteiger partial charge >= 0.3 is 12.1 Å². The number of carbonyl (C=O) groups excluding carboxylic acids is 4. The number of thiophene rings is 1. The van der Waals surface area contributed by atoms with E-state index in [1.54, 1.807) is 13.8 Å². The fourth-order valence-corrected chi connectivity index (χ4v) is 5.72. The second-order valence-corrected chi connectivity index (χ2v) is 11.4. The fourth-order valence-electron chi connectivity index (χ4n) is 4.74. The molecule has 0 bridgehead atoms. The number of ether oxygens (including phenoxy) is 2. The highest BCUT2D eigenvalue weighted by atomic mass is 35.5. The Balaban J connectivity index is 1.60. The number of hydrogen-bond donors (Lipinski definition) is 1. The lowest BCUT2D eigenvalue weighted by atomic mass is 10.0. The molecular weight excluding hydrogens is 583 g/mol. The Morgan fingerprint density at radius 3 is 2.59 bits per heavy atom. The van der Waals surface area contributed by atoms with Crippen molar-refractivity contribution in [2.24, 2.45) is 5.92 Å². The normalized spacial score (nSPS) is 18.1. The van der Waals surface area contributed by atoms with E-state index in [0.717, 1.165) is 32.3 Å². The smallest absolute Gasteiger partial charge is 0.414 e. The summed E-state index contributed by atoms with van der Waals surface area (Å²) in [5.74, 6) is -3.50. The molecule has 3 amide bonds. The maximum Gasteiger partial charge on any atom is 0.414 e. The number of cyclic esters (lactones) is 1. The maximum atomic E-state index is 15.2. The number of amides is 3. The monoisotopic (exact) mass is 610 g/mol. The van der Waals surface area contributed by atoms with Gasteiger partial charge in [0.15, 0.2) is 0 Å². The molecule has 0 spiro atoms. The average molecular weight is 611 g/mol. The minimum atomic E-state index is -1.26. The third-order valence-corrected chi connectivity index (χ3v) is 7.79. The van der Waals surface area contributed by atoms with E-state index in [-0.39, 0.29) is 42.7 Å². The highest BCUT2D eigenvalue weighted by Gasteiger charge is 2.41. The van der Waals surface area contributed by atoms with Gasteiger partial charge in [0.2, 0.25) is 0 Å². The van der Waals surface area contributed by atoms with E-state index in [1.807, 2.05) is 0 Å². The van der Waals surface area contributed by atoms with E-state index in [2.05, 4.69) is 0 Å². The van der Waals surface area contributed by atoms with Crippen molar-refractivity contribution in [2.45, 2.75) is 26.0 Å². The number of aldehydes is 1. The lowest BCUT2D eigenvalue weighted by Gasteiger charge is -2.39. The SMILES string of the molecule is CC(C)[C@@H](C(=O)O)N(CC=O)N(C[C@@H]1CN(c2ccc(N3CCOCC3=O)cc2F)C(=O)O1)C(=O)c1ccc(Cl)s1. The number of benzene rings is 1. The van der Waals surface area contributed by atoms with Crippen LogP contribution in [0.5, 0.6) is 0 Å². The predicted octanol–water partition coefficient (Wildman–Crippen LogP) is 2.90. The van der Waals surface area contributed by atoms with Crippen LogP contribution in [0.3, 0.4) is 0 Å². The van der Waals surface area contributed by atoms with Gasteiger partial charge in [-0.2, -0.15) is 5.01 Å². The van der Waals surface area contributed by atoms with Crippen LogP contribution in [0, 0.1) is 11.7 Å². The van der Waals surface area contributed by atoms with Crippen LogP contribution in [0.25, 0.3) is 0 Å². The zero-order valence-corrected chi connectivity index (χ0v) is 23.8. The molecule has 2 atom stereocenters. The fraction of sp³-hybridized carbons (Fsp3) is 0.423. The van der Waals surface area contributed by atoms with Gasteiger partial charge < -0.3 is 24.3 Å². The molecule has 41 heavy (non-hydrogen) atoms. The van der Waals surface area contributed by atoms with E-state index in [9.17, 15) is 29.1 Å². The Kier molecular flexibility index (Phi) is 9.58. The minimum Gasteiger partial charge on any atom is -0.480 e. The van der Waals surface area contributed by atoms with Crippen LogP contribution < -0.4 is 9.80 Å². The maximum absolute atomic E-state index is 15.2. The Bertz CT molecular complexity index is 1340. The van der Waals surface area contributed by atoms with Crippen LogP contribution in [0.1, 0.15) is 23.5 Å². The number of morpholine rings is 1. The second-order valence-electron chi connectivity index (χ2n) is 9.66. The lowest BCUT2D eigenvalue weighted by Crippen LogP contribution is -2.58. The summed E-state index contributed by atoms with van der Waals surface area (Å²) in [4.78, 5) is 64.9. The molecule has 0 radical (unpaired) electrons. The van der Waals surface area contributed by atoms with Crippen molar-refractivity contribution in [1.29, 1.82) is 0 Å². The van der Waals surface area contributed by atoms with Crippen molar-refractivity contribution in [1.82, 2.24) is 10.0 Å². The molecule has 1 aromatic carbocycles. The number of carboxylic acid groups (broad SMARTS) is 1. The summed E-state index contributed by atoms with van der Waals surface area (Å²) in [6.45, 7) is 2.80. The van der Waals surface area contributed by atoms with Crippen molar-refractivity contribution in [3.63, 3.8) is 0 Å². The standard InChI is InChI=1S/C26H28ClFN4O8S/c1-15(2)23(25(36)37)31(7-9-33)32(24(35)20-5-6-21(27)41-20)13-17-12-30(26(38)40-17)19-4-3-16(11-18(19)28)29-8-10-39-14-22(29)34/h3-6,9,11,15,17,23H,7-8,10,12-14H2,1-2H3,(H,36,37)/t17-,23-/m0/s1. The molecule has 2 aromatic rings. The number of hydrazine groups is 1. The molecule has 220 valence electrons. The van der Waals surface area contributed by atoms with Gasteiger partial charge in [-0.15, -0.1) is 11.3 Å². The zero-order valence-electron chi connectivity index (χ0n) is 22.2. The topological polar surface area (TPSA) is 137 Å². The molecule has 2 aliphatic rings. The molecule has 0 unspecified atom stereocenters. The molecule has 1 aromatic heterocycles. The van der Waals surface area contributed by atoms with Gasteiger partial charge in [-0.3, -0.25) is 24.3 Å². The number of aliphatic carboxylic acids is 1. The highest BCUT2D eigenvalue weighted by molar-refractivity contribution is 7.17. The van der Waals surface area contributed by atoms with Gasteiger partial charge in [-0.05, 0) is 36.2 Å². The molecule has 15 heteroatoms. The molecule has 0 saturated carbocycles. The largest absolute Gasteiger partial charge is 0.480 e. The van der Waals surface area contributed by atoms with Gasteiger partial charge in [0.05, 0.1) is 41.1 Å². The molecule has 3 heterocycles. The van der Waals surface area contributed by atoms with Crippen molar-refractivity contribution in [3.05, 3.63) is 45.4 Å². The summed E-state index contributed by atoms with van der Waals surface area (Å²) in [7, 11) is 0. The quantitative estimate of drug-likeness (QED) is 0.301. The molecule has 2 saturated heterocycles. The first-order valence-corrected chi connectivity index (χ1v) is 13.9. The van der Waals surface area contributed by atoms with E-state index in [1.165, 1.54) is 29.2 Å². The average Bonchev–Trinajstić information content (AvgIpc) is 3.51. The number of halogens is 2. The van der Waals surface area contributed by atoms with E-state index in [4.69, 9.17) is 21.1 Å². The van der Waals surface area contributed by atoms with E-state index < -0.39 is 48.4 Å². The third kappa shape index (κ3) is 6.67. The number of anilines is 2. The van der Waals surface area contributed by atoms with Crippen LogP contribution in [0.4, 0.5) is 20.6 Å². The van der Waals surface area contributed by atoms with Crippen molar-refractivity contribution < 1.29 is 42.9 Å². The minimum absolute atomic E-state index is 0.0970. The number of rotatable bonds is 11. The highest BCUT2D eigenvalue weighted by Crippen LogP contribution is 2.30. The van der Waals surface area contributed by atoms with E-state index >= 15 is 4.39 Å². The van der Waals surface area contributed by atoms with E-state index in [0.29, 0.717) is 22.9 Å². The molecule has 2 aliphatic heterocycles. The van der Waals surface area contributed by atoms with Gasteiger partial charge in [-0.1, -0.05) is 25.4 Å². The van der Waals surface area contributed by atoms with Crippen LogP contribution in [0.15, 0.2) is 30.3 Å². The second kappa shape index (κ2) is 12.9. The van der Waals surface area contributed by atoms with Gasteiger partial charge in [0, 0.05) is 12.2 Å². The number of carbonyl (C=O) groups is 5. The summed E-state index contributed by atoms with van der Waals surface area (Å²) < 4.78 is 26.1. The van der Waals surface area contributed by atoms with Crippen molar-refractivity contribution >= 4 is 64.5 Å².